The van der Waals surface area contributed by atoms with Gasteiger partial charge in [-0.1, -0.05) is 0 Å². The summed E-state index contributed by atoms with van der Waals surface area (Å²) in [4.78, 5) is 5.26. The first kappa shape index (κ1) is 11.0. The van der Waals surface area contributed by atoms with Crippen molar-refractivity contribution in [3.8, 4) is 0 Å². The highest BCUT2D eigenvalue weighted by atomic mass is 16.5. The predicted octanol–water partition coefficient (Wildman–Crippen LogP) is -0.245. The maximum Gasteiger partial charge on any atom is 0.0826 e. The Bertz CT molecular complexity index is 230. The number of nitrogens with zero attached hydrogens (tertiary/aromatic N) is 2. The fourth-order valence-corrected chi connectivity index (χ4v) is 3.25. The lowest BCUT2D eigenvalue weighted by atomic mass is 10.1. The molecule has 0 aliphatic carbocycles. The first-order valence-electron chi connectivity index (χ1n) is 6.70. The Kier molecular flexibility index (Phi) is 3.43. The van der Waals surface area contributed by atoms with Gasteiger partial charge in [0.2, 0.25) is 0 Å². The second-order valence-electron chi connectivity index (χ2n) is 5.29. The highest BCUT2D eigenvalue weighted by Gasteiger charge is 2.31. The summed E-state index contributed by atoms with van der Waals surface area (Å²) in [6.07, 6.45) is 3.22. The van der Waals surface area contributed by atoms with Crippen LogP contribution in [0.25, 0.3) is 0 Å². The number of nitrogens with one attached hydrogen (secondary N) is 1. The summed E-state index contributed by atoms with van der Waals surface area (Å²) >= 11 is 0. The molecular weight excluding hydrogens is 202 g/mol. The molecule has 3 rings (SSSR count). The van der Waals surface area contributed by atoms with Gasteiger partial charge < -0.3 is 10.1 Å². The van der Waals surface area contributed by atoms with E-state index in [2.05, 4.69) is 15.1 Å². The van der Waals surface area contributed by atoms with Crippen LogP contribution in [0, 0.1) is 0 Å². The molecule has 4 nitrogen and oxygen atoms in total. The quantitative estimate of drug-likeness (QED) is 0.702. The smallest absolute Gasteiger partial charge is 0.0826 e. The van der Waals surface area contributed by atoms with Gasteiger partial charge in [0.05, 0.1) is 12.7 Å². The van der Waals surface area contributed by atoms with Crippen molar-refractivity contribution in [2.75, 3.05) is 52.4 Å². The number of piperazine rings is 1. The van der Waals surface area contributed by atoms with E-state index < -0.39 is 0 Å². The van der Waals surface area contributed by atoms with Crippen LogP contribution in [0.15, 0.2) is 0 Å². The third-order valence-electron chi connectivity index (χ3n) is 4.14. The van der Waals surface area contributed by atoms with Gasteiger partial charge in [-0.2, -0.15) is 0 Å². The van der Waals surface area contributed by atoms with E-state index in [0.717, 1.165) is 32.3 Å². The van der Waals surface area contributed by atoms with Crippen molar-refractivity contribution in [2.45, 2.75) is 25.0 Å². The van der Waals surface area contributed by atoms with Crippen LogP contribution < -0.4 is 5.32 Å². The van der Waals surface area contributed by atoms with Gasteiger partial charge in [0.1, 0.15) is 0 Å². The Morgan fingerprint density at radius 1 is 1.25 bits per heavy atom. The zero-order chi connectivity index (χ0) is 10.8. The first-order chi connectivity index (χ1) is 7.92. The molecule has 3 heterocycles. The fraction of sp³-hybridized carbons (Fsp3) is 1.00. The van der Waals surface area contributed by atoms with Crippen molar-refractivity contribution in [1.29, 1.82) is 0 Å². The number of hydrogen-bond acceptors (Lipinski definition) is 4. The number of fused-ring (bicyclic) bond motifs is 1. The summed E-state index contributed by atoms with van der Waals surface area (Å²) in [7, 11) is 0. The van der Waals surface area contributed by atoms with Crippen LogP contribution in [0.5, 0.6) is 0 Å². The molecule has 4 heteroatoms. The van der Waals surface area contributed by atoms with E-state index in [1.165, 1.54) is 39.0 Å². The van der Waals surface area contributed by atoms with Crippen LogP contribution in [0.3, 0.4) is 0 Å². The molecule has 1 N–H and O–H groups in total. The maximum atomic E-state index is 5.77. The Morgan fingerprint density at radius 3 is 3.12 bits per heavy atom. The van der Waals surface area contributed by atoms with E-state index in [1.54, 1.807) is 0 Å². The topological polar surface area (TPSA) is 27.7 Å². The average Bonchev–Trinajstić information content (AvgIpc) is 2.77. The molecule has 0 aromatic carbocycles. The molecule has 0 spiro atoms. The second-order valence-corrected chi connectivity index (χ2v) is 5.29. The molecule has 92 valence electrons. The van der Waals surface area contributed by atoms with Gasteiger partial charge in [-0.3, -0.25) is 9.80 Å². The lowest BCUT2D eigenvalue weighted by Gasteiger charge is -2.39. The summed E-state index contributed by atoms with van der Waals surface area (Å²) < 4.78 is 5.77. The molecule has 0 saturated carbocycles. The van der Waals surface area contributed by atoms with Gasteiger partial charge >= 0.3 is 0 Å². The number of hydrogen-bond donors (Lipinski definition) is 1. The summed E-state index contributed by atoms with van der Waals surface area (Å²) in [5.74, 6) is 0. The summed E-state index contributed by atoms with van der Waals surface area (Å²) in [5.41, 5.74) is 0. The van der Waals surface area contributed by atoms with Gasteiger partial charge in [-0.15, -0.1) is 0 Å². The van der Waals surface area contributed by atoms with Crippen LogP contribution in [-0.2, 0) is 4.74 Å². The molecule has 0 bridgehead atoms. The lowest BCUT2D eigenvalue weighted by molar-refractivity contribution is -0.00880. The van der Waals surface area contributed by atoms with Crippen molar-refractivity contribution in [2.24, 2.45) is 0 Å². The van der Waals surface area contributed by atoms with Gasteiger partial charge in [0.25, 0.3) is 0 Å². The highest BCUT2D eigenvalue weighted by Crippen LogP contribution is 2.21. The Labute approximate surface area is 97.9 Å². The number of morpholine rings is 1. The van der Waals surface area contributed by atoms with Gasteiger partial charge in [0.15, 0.2) is 0 Å². The monoisotopic (exact) mass is 225 g/mol. The second kappa shape index (κ2) is 5.00. The first-order valence-corrected chi connectivity index (χ1v) is 6.70. The van der Waals surface area contributed by atoms with E-state index >= 15 is 0 Å². The predicted molar refractivity (Wildman–Crippen MR) is 63.6 cm³/mol. The molecular formula is C12H23N3O. The average molecular weight is 225 g/mol. The van der Waals surface area contributed by atoms with E-state index in [4.69, 9.17) is 4.74 Å². The normalized spacial score (nSPS) is 37.5. The lowest BCUT2D eigenvalue weighted by Crippen LogP contribution is -2.54. The Balaban J connectivity index is 1.48. The van der Waals surface area contributed by atoms with Crippen LogP contribution in [0.4, 0.5) is 0 Å². The van der Waals surface area contributed by atoms with E-state index in [0.29, 0.717) is 6.10 Å². The molecule has 0 aromatic rings. The zero-order valence-corrected chi connectivity index (χ0v) is 10.0. The van der Waals surface area contributed by atoms with Crippen LogP contribution >= 0.6 is 0 Å². The van der Waals surface area contributed by atoms with Gasteiger partial charge in [0, 0.05) is 45.3 Å². The van der Waals surface area contributed by atoms with Crippen LogP contribution in [-0.4, -0.2) is 74.4 Å². The molecule has 2 atom stereocenters. The van der Waals surface area contributed by atoms with Gasteiger partial charge in [-0.25, -0.2) is 0 Å². The number of ether oxygens (including phenoxy) is 1. The number of rotatable bonds is 2. The van der Waals surface area contributed by atoms with Crippen molar-refractivity contribution in [1.82, 2.24) is 15.1 Å². The molecule has 3 aliphatic rings. The van der Waals surface area contributed by atoms with E-state index in [9.17, 15) is 0 Å². The SMILES string of the molecule is C1CC2CN(CC3CNCCO3)CCN2C1. The summed E-state index contributed by atoms with van der Waals surface area (Å²) in [5, 5.41) is 3.41. The fourth-order valence-electron chi connectivity index (χ4n) is 3.25. The van der Waals surface area contributed by atoms with Crippen LogP contribution in [0.1, 0.15) is 12.8 Å². The molecule has 2 unspecified atom stereocenters. The zero-order valence-electron chi connectivity index (χ0n) is 10.0. The Morgan fingerprint density at radius 2 is 2.25 bits per heavy atom. The maximum absolute atomic E-state index is 5.77. The molecule has 0 aromatic heterocycles. The van der Waals surface area contributed by atoms with Crippen molar-refractivity contribution in [3.05, 3.63) is 0 Å². The third kappa shape index (κ3) is 2.40. The Hall–Kier alpha value is -0.160. The van der Waals surface area contributed by atoms with Crippen LogP contribution in [0.2, 0.25) is 0 Å². The minimum absolute atomic E-state index is 0.418. The van der Waals surface area contributed by atoms with Crippen molar-refractivity contribution in [3.63, 3.8) is 0 Å². The van der Waals surface area contributed by atoms with Gasteiger partial charge in [-0.05, 0) is 19.4 Å². The molecule has 3 fully saturated rings. The van der Waals surface area contributed by atoms with E-state index in [-0.39, 0.29) is 0 Å². The molecule has 0 amide bonds. The minimum Gasteiger partial charge on any atom is -0.374 e. The summed E-state index contributed by atoms with van der Waals surface area (Å²) in [6.45, 7) is 9.16. The molecule has 3 saturated heterocycles. The molecule has 3 aliphatic heterocycles. The minimum atomic E-state index is 0.418. The standard InChI is InChI=1S/C12H23N3O/c1-2-11-9-14(5-6-15(11)4-1)10-12-8-13-3-7-16-12/h11-13H,1-10H2. The van der Waals surface area contributed by atoms with Crippen molar-refractivity contribution >= 4 is 0 Å². The van der Waals surface area contributed by atoms with E-state index in [1.807, 2.05) is 0 Å². The third-order valence-corrected chi connectivity index (χ3v) is 4.14. The van der Waals surface area contributed by atoms with Crippen molar-refractivity contribution < 1.29 is 4.74 Å². The summed E-state index contributed by atoms with van der Waals surface area (Å²) in [6, 6.07) is 0.838. The largest absolute Gasteiger partial charge is 0.374 e. The molecule has 16 heavy (non-hydrogen) atoms. The molecule has 0 radical (unpaired) electrons. The highest BCUT2D eigenvalue weighted by molar-refractivity contribution is 4.88.